The van der Waals surface area contributed by atoms with Crippen LogP contribution in [-0.4, -0.2) is 19.2 Å². The molecule has 0 unspecified atom stereocenters. The van der Waals surface area contributed by atoms with E-state index in [2.05, 4.69) is 17.5 Å². The van der Waals surface area contributed by atoms with Crippen molar-refractivity contribution in [2.24, 2.45) is 5.10 Å². The summed E-state index contributed by atoms with van der Waals surface area (Å²) >= 11 is 0. The fourth-order valence-electron chi connectivity index (χ4n) is 1.64. The van der Waals surface area contributed by atoms with Gasteiger partial charge in [0.1, 0.15) is 5.75 Å². The van der Waals surface area contributed by atoms with Crippen LogP contribution in [0.5, 0.6) is 5.75 Å². The number of rotatable bonds is 8. The maximum atomic E-state index is 11.7. The van der Waals surface area contributed by atoms with Crippen molar-refractivity contribution in [3.05, 3.63) is 29.8 Å². The van der Waals surface area contributed by atoms with Gasteiger partial charge < -0.3 is 4.74 Å². The summed E-state index contributed by atoms with van der Waals surface area (Å²) in [5.74, 6) is 0.531. The Labute approximate surface area is 114 Å². The van der Waals surface area contributed by atoms with Gasteiger partial charge in [-0.05, 0) is 37.1 Å². The maximum absolute atomic E-state index is 11.7. The number of benzene rings is 1. The van der Waals surface area contributed by atoms with Crippen LogP contribution in [0.2, 0.25) is 0 Å². The summed E-state index contributed by atoms with van der Waals surface area (Å²) in [6.07, 6.45) is 7.49. The van der Waals surface area contributed by atoms with Crippen molar-refractivity contribution in [2.75, 3.05) is 7.11 Å². The van der Waals surface area contributed by atoms with Crippen molar-refractivity contribution >= 4 is 12.1 Å². The first-order valence-corrected chi connectivity index (χ1v) is 6.74. The molecule has 0 heterocycles. The van der Waals surface area contributed by atoms with E-state index in [1.807, 2.05) is 0 Å². The lowest BCUT2D eigenvalue weighted by atomic mass is 10.2. The maximum Gasteiger partial charge on any atom is 0.271 e. The second-order valence-corrected chi connectivity index (χ2v) is 4.33. The van der Waals surface area contributed by atoms with Crippen molar-refractivity contribution in [2.45, 2.75) is 39.0 Å². The zero-order valence-electron chi connectivity index (χ0n) is 11.7. The van der Waals surface area contributed by atoms with Gasteiger partial charge in [-0.2, -0.15) is 5.10 Å². The molecular weight excluding hydrogens is 240 g/mol. The highest BCUT2D eigenvalue weighted by Gasteiger charge is 2.03. The van der Waals surface area contributed by atoms with E-state index >= 15 is 0 Å². The number of carbonyl (C=O) groups excluding carboxylic acids is 1. The van der Waals surface area contributed by atoms with Crippen molar-refractivity contribution in [1.82, 2.24) is 5.43 Å². The summed E-state index contributed by atoms with van der Waals surface area (Å²) in [5, 5.41) is 3.93. The molecule has 0 fully saturated rings. The lowest BCUT2D eigenvalue weighted by molar-refractivity contribution is 0.0955. The Balaban J connectivity index is 2.28. The average molecular weight is 262 g/mol. The van der Waals surface area contributed by atoms with Crippen LogP contribution in [0.15, 0.2) is 29.4 Å². The summed E-state index contributed by atoms with van der Waals surface area (Å²) in [5.41, 5.74) is 3.09. The van der Waals surface area contributed by atoms with Gasteiger partial charge in [-0.1, -0.05) is 26.2 Å². The summed E-state index contributed by atoms with van der Waals surface area (Å²) in [4.78, 5) is 11.7. The van der Waals surface area contributed by atoms with Gasteiger partial charge in [0.25, 0.3) is 5.91 Å². The van der Waals surface area contributed by atoms with Crippen LogP contribution in [0.3, 0.4) is 0 Å². The highest BCUT2D eigenvalue weighted by Crippen LogP contribution is 2.10. The minimum absolute atomic E-state index is 0.201. The van der Waals surface area contributed by atoms with Crippen LogP contribution in [0, 0.1) is 0 Å². The van der Waals surface area contributed by atoms with E-state index in [-0.39, 0.29) is 5.91 Å². The predicted octanol–water partition coefficient (Wildman–Crippen LogP) is 3.38. The van der Waals surface area contributed by atoms with E-state index in [0.717, 1.165) is 18.6 Å². The van der Waals surface area contributed by atoms with Crippen molar-refractivity contribution < 1.29 is 9.53 Å². The van der Waals surface area contributed by atoms with Crippen molar-refractivity contribution in [3.63, 3.8) is 0 Å². The molecule has 19 heavy (non-hydrogen) atoms. The second kappa shape index (κ2) is 9.14. The summed E-state index contributed by atoms with van der Waals surface area (Å²) < 4.78 is 5.03. The Morgan fingerprint density at radius 1 is 1.26 bits per heavy atom. The second-order valence-electron chi connectivity index (χ2n) is 4.33. The van der Waals surface area contributed by atoms with Gasteiger partial charge in [-0.25, -0.2) is 5.43 Å². The summed E-state index contributed by atoms with van der Waals surface area (Å²) in [6.45, 7) is 2.18. The fraction of sp³-hybridized carbons (Fsp3) is 0.467. The Morgan fingerprint density at radius 3 is 2.63 bits per heavy atom. The molecule has 0 aliphatic rings. The van der Waals surface area contributed by atoms with Gasteiger partial charge in [0.15, 0.2) is 0 Å². The van der Waals surface area contributed by atoms with E-state index in [1.165, 1.54) is 19.3 Å². The van der Waals surface area contributed by atoms with E-state index < -0.39 is 0 Å². The van der Waals surface area contributed by atoms with Gasteiger partial charge in [0.05, 0.1) is 7.11 Å². The van der Waals surface area contributed by atoms with Crippen molar-refractivity contribution in [1.29, 1.82) is 0 Å². The zero-order valence-corrected chi connectivity index (χ0v) is 11.7. The molecule has 0 bridgehead atoms. The molecule has 0 aromatic heterocycles. The van der Waals surface area contributed by atoms with Crippen LogP contribution in [0.1, 0.15) is 49.4 Å². The standard InChI is InChI=1S/C15H22N2O2/c1-3-4-5-6-7-12-16-17-15(18)13-8-10-14(19-2)11-9-13/h8-12H,3-7H2,1-2H3,(H,17,18). The third-order valence-electron chi connectivity index (χ3n) is 2.80. The molecule has 1 rings (SSSR count). The van der Waals surface area contributed by atoms with Gasteiger partial charge >= 0.3 is 0 Å². The highest BCUT2D eigenvalue weighted by molar-refractivity contribution is 5.94. The Morgan fingerprint density at radius 2 is 2.00 bits per heavy atom. The van der Waals surface area contributed by atoms with Gasteiger partial charge in [0, 0.05) is 11.8 Å². The summed E-state index contributed by atoms with van der Waals surface area (Å²) in [6, 6.07) is 6.93. The van der Waals surface area contributed by atoms with E-state index in [1.54, 1.807) is 37.6 Å². The number of hydrazone groups is 1. The van der Waals surface area contributed by atoms with E-state index in [4.69, 9.17) is 4.74 Å². The number of amides is 1. The molecule has 104 valence electrons. The molecule has 1 N–H and O–H groups in total. The Bertz CT molecular complexity index is 399. The third-order valence-corrected chi connectivity index (χ3v) is 2.80. The van der Waals surface area contributed by atoms with Crippen LogP contribution < -0.4 is 10.2 Å². The minimum atomic E-state index is -0.201. The Hall–Kier alpha value is -1.84. The van der Waals surface area contributed by atoms with Crippen LogP contribution >= 0.6 is 0 Å². The fourth-order valence-corrected chi connectivity index (χ4v) is 1.64. The monoisotopic (exact) mass is 262 g/mol. The molecule has 0 aliphatic heterocycles. The molecule has 0 radical (unpaired) electrons. The molecule has 0 atom stereocenters. The number of hydrogen-bond acceptors (Lipinski definition) is 3. The number of methoxy groups -OCH3 is 1. The number of hydrogen-bond donors (Lipinski definition) is 1. The molecule has 4 nitrogen and oxygen atoms in total. The first kappa shape index (κ1) is 15.2. The van der Waals surface area contributed by atoms with Gasteiger partial charge in [-0.15, -0.1) is 0 Å². The number of unbranched alkanes of at least 4 members (excludes halogenated alkanes) is 4. The van der Waals surface area contributed by atoms with E-state index in [9.17, 15) is 4.79 Å². The molecule has 1 aromatic rings. The lowest BCUT2D eigenvalue weighted by Gasteiger charge is -2.02. The first-order valence-electron chi connectivity index (χ1n) is 6.74. The molecule has 0 saturated heterocycles. The number of carbonyl (C=O) groups is 1. The summed E-state index contributed by atoms with van der Waals surface area (Å²) in [7, 11) is 1.60. The molecule has 0 aliphatic carbocycles. The van der Waals surface area contributed by atoms with Crippen LogP contribution in [0.25, 0.3) is 0 Å². The first-order chi connectivity index (χ1) is 9.27. The SMILES string of the molecule is CCCCCCC=NNC(=O)c1ccc(OC)cc1. The van der Waals surface area contributed by atoms with Crippen LogP contribution in [0.4, 0.5) is 0 Å². The number of nitrogens with one attached hydrogen (secondary N) is 1. The molecule has 0 saturated carbocycles. The average Bonchev–Trinajstić information content (AvgIpc) is 2.46. The number of nitrogens with zero attached hydrogens (tertiary/aromatic N) is 1. The topological polar surface area (TPSA) is 50.7 Å². The van der Waals surface area contributed by atoms with Crippen molar-refractivity contribution in [3.8, 4) is 5.75 Å². The van der Waals surface area contributed by atoms with E-state index in [0.29, 0.717) is 5.56 Å². The van der Waals surface area contributed by atoms with Gasteiger partial charge in [0.2, 0.25) is 0 Å². The number of ether oxygens (including phenoxy) is 1. The third kappa shape index (κ3) is 6.04. The Kier molecular flexibility index (Phi) is 7.32. The quantitative estimate of drug-likeness (QED) is 0.443. The normalized spacial score (nSPS) is 10.6. The lowest BCUT2D eigenvalue weighted by Crippen LogP contribution is -2.17. The largest absolute Gasteiger partial charge is 0.497 e. The zero-order chi connectivity index (χ0) is 13.9. The molecule has 1 amide bonds. The smallest absolute Gasteiger partial charge is 0.271 e. The minimum Gasteiger partial charge on any atom is -0.497 e. The van der Waals surface area contributed by atoms with Crippen LogP contribution in [-0.2, 0) is 0 Å². The molecule has 1 aromatic carbocycles. The molecule has 4 heteroatoms. The molecule has 0 spiro atoms. The van der Waals surface area contributed by atoms with Gasteiger partial charge in [-0.3, -0.25) is 4.79 Å². The highest BCUT2D eigenvalue weighted by atomic mass is 16.5. The predicted molar refractivity (Wildman–Crippen MR) is 77.7 cm³/mol. The molecular formula is C15H22N2O2.